The molecule has 0 aromatic carbocycles. The van der Waals surface area contributed by atoms with Gasteiger partial charge in [0.05, 0.1) is 0 Å². The van der Waals surface area contributed by atoms with Crippen LogP contribution in [-0.2, 0) is 15.9 Å². The van der Waals surface area contributed by atoms with Crippen molar-refractivity contribution < 1.29 is 15.9 Å². The van der Waals surface area contributed by atoms with Crippen LogP contribution in [0.2, 0.25) is 0 Å². The molecule has 13 heavy (non-hydrogen) atoms. The van der Waals surface area contributed by atoms with Crippen LogP contribution in [0.15, 0.2) is 0 Å². The van der Waals surface area contributed by atoms with Crippen LogP contribution in [0.25, 0.3) is 0 Å². The van der Waals surface area contributed by atoms with Gasteiger partial charge in [-0.3, -0.25) is 0 Å². The minimum absolute atomic E-state index is 0.106. The second-order valence-electron chi connectivity index (χ2n) is 4.92. The summed E-state index contributed by atoms with van der Waals surface area (Å²) in [4.78, 5) is 0. The molecule has 4 aliphatic carbocycles. The molecule has 0 aromatic rings. The van der Waals surface area contributed by atoms with E-state index < -0.39 is 0 Å². The third kappa shape index (κ3) is 2.63. The van der Waals surface area contributed by atoms with Crippen molar-refractivity contribution in [3.63, 3.8) is 0 Å². The number of hydrogen-bond acceptors (Lipinski definition) is 0. The Morgan fingerprint density at radius 2 is 0.769 bits per heavy atom. The van der Waals surface area contributed by atoms with E-state index in [1.54, 1.807) is 38.5 Å². The molecule has 4 fully saturated rings. The first-order valence-corrected chi connectivity index (χ1v) is 9.14. The molecule has 0 spiro atoms. The molecule has 0 atom stereocenters. The van der Waals surface area contributed by atoms with E-state index in [9.17, 15) is 0 Å². The van der Waals surface area contributed by atoms with Gasteiger partial charge in [-0.1, -0.05) is 0 Å². The second-order valence-corrected chi connectivity index (χ2v) is 7.28. The molecule has 4 rings (SSSR count). The Morgan fingerprint density at radius 3 is 0.923 bits per heavy atom. The zero-order chi connectivity index (χ0) is 9.26. The van der Waals surface area contributed by atoms with Crippen LogP contribution in [0.4, 0.5) is 0 Å². The molecule has 0 saturated heterocycles. The molecule has 0 N–H and O–H groups in total. The quantitative estimate of drug-likeness (QED) is 0.588. The van der Waals surface area contributed by atoms with Gasteiger partial charge in [0, 0.05) is 0 Å². The van der Waals surface area contributed by atoms with Gasteiger partial charge >= 0.3 is 35.0 Å². The van der Waals surface area contributed by atoms with E-state index in [1.807, 2.05) is 0 Å². The van der Waals surface area contributed by atoms with Crippen molar-refractivity contribution in [3.8, 4) is 0 Å². The summed E-state index contributed by atoms with van der Waals surface area (Å²) < 4.78 is 0. The fraction of sp³-hybridized carbons (Fsp3) is 1.00. The Bertz CT molecular complexity index is 116. The Hall–Kier alpha value is 1.24. The summed E-state index contributed by atoms with van der Waals surface area (Å²) in [6, 6.07) is 0. The topological polar surface area (TPSA) is 0 Å². The van der Waals surface area contributed by atoms with E-state index in [0.29, 0.717) is 0 Å². The van der Waals surface area contributed by atoms with Crippen LogP contribution >= 0.6 is 19.1 Å². The molecule has 4 aliphatic rings. The number of halogens is 2. The van der Waals surface area contributed by atoms with Crippen molar-refractivity contribution in [1.29, 1.82) is 0 Å². The average molecular weight is 314 g/mol. The second kappa shape index (κ2) is 4.84. The monoisotopic (exact) mass is 312 g/mol. The first-order chi connectivity index (χ1) is 6.31. The van der Waals surface area contributed by atoms with Crippen molar-refractivity contribution in [2.24, 2.45) is 23.7 Å². The minimum atomic E-state index is -0.106. The van der Waals surface area contributed by atoms with Crippen molar-refractivity contribution in [3.05, 3.63) is 0 Å². The molecule has 80 valence electrons. The van der Waals surface area contributed by atoms with Gasteiger partial charge in [-0.05, 0) is 62.2 Å². The summed E-state index contributed by atoms with van der Waals surface area (Å²) in [5.74, 6) is 4.71. The first-order valence-electron chi connectivity index (χ1n) is 5.14. The van der Waals surface area contributed by atoms with Gasteiger partial charge in [-0.2, -0.15) is 0 Å². The zero-order valence-electron chi connectivity index (χ0n) is 7.62. The summed E-state index contributed by atoms with van der Waals surface area (Å²) in [5, 5.41) is 0. The normalized spacial score (nSPS) is 46.0. The zero-order valence-corrected chi connectivity index (χ0v) is 10.7. The van der Waals surface area contributed by atoms with E-state index >= 15 is 0 Å². The molecular formula is C10H16Cl2Pd. The molecule has 0 aromatic heterocycles. The van der Waals surface area contributed by atoms with Gasteiger partial charge in [0.15, 0.2) is 0 Å². The van der Waals surface area contributed by atoms with E-state index in [0.717, 1.165) is 0 Å². The maximum atomic E-state index is 4.81. The van der Waals surface area contributed by atoms with Crippen LogP contribution in [0.1, 0.15) is 38.5 Å². The van der Waals surface area contributed by atoms with Gasteiger partial charge in [-0.15, -0.1) is 0 Å². The Balaban J connectivity index is 0.000000196. The summed E-state index contributed by atoms with van der Waals surface area (Å²) in [5.41, 5.74) is 0. The Labute approximate surface area is 96.9 Å². The molecule has 3 heteroatoms. The van der Waals surface area contributed by atoms with Crippen molar-refractivity contribution in [1.82, 2.24) is 0 Å². The summed E-state index contributed by atoms with van der Waals surface area (Å²) >= 11 is -0.106. The Kier molecular flexibility index (Phi) is 4.01. The van der Waals surface area contributed by atoms with E-state index in [1.165, 1.54) is 23.7 Å². The van der Waals surface area contributed by atoms with Crippen molar-refractivity contribution in [2.45, 2.75) is 38.5 Å². The molecule has 4 saturated carbocycles. The third-order valence-electron chi connectivity index (χ3n) is 4.00. The van der Waals surface area contributed by atoms with Crippen LogP contribution in [0.5, 0.6) is 0 Å². The van der Waals surface area contributed by atoms with Gasteiger partial charge < -0.3 is 0 Å². The molecule has 0 nitrogen and oxygen atoms in total. The SMILES string of the molecule is C1C2CC3CC1CC(C2)C3.[Cl][Pd][Cl]. The molecular weight excluding hydrogens is 297 g/mol. The van der Waals surface area contributed by atoms with Gasteiger partial charge in [-0.25, -0.2) is 0 Å². The molecule has 0 unspecified atom stereocenters. The summed E-state index contributed by atoms with van der Waals surface area (Å²) in [6.07, 6.45) is 9.62. The summed E-state index contributed by atoms with van der Waals surface area (Å²) in [7, 11) is 9.63. The predicted octanol–water partition coefficient (Wildman–Crippen LogP) is 4.21. The first kappa shape index (κ1) is 10.7. The number of rotatable bonds is 0. The van der Waals surface area contributed by atoms with E-state index in [-0.39, 0.29) is 15.9 Å². The van der Waals surface area contributed by atoms with Crippen molar-refractivity contribution in [2.75, 3.05) is 0 Å². The van der Waals surface area contributed by atoms with Gasteiger partial charge in [0.2, 0.25) is 0 Å². The summed E-state index contributed by atoms with van der Waals surface area (Å²) in [6.45, 7) is 0. The van der Waals surface area contributed by atoms with Gasteiger partial charge in [0.1, 0.15) is 0 Å². The maximum absolute atomic E-state index is 4.81. The fourth-order valence-corrected chi connectivity index (χ4v) is 3.98. The molecule has 0 aliphatic heterocycles. The van der Waals surface area contributed by atoms with Crippen molar-refractivity contribution >= 4 is 19.1 Å². The van der Waals surface area contributed by atoms with Crippen LogP contribution in [0.3, 0.4) is 0 Å². The molecule has 0 heterocycles. The molecule has 4 bridgehead atoms. The van der Waals surface area contributed by atoms with Crippen LogP contribution < -0.4 is 0 Å². The molecule has 0 amide bonds. The van der Waals surface area contributed by atoms with Crippen LogP contribution in [-0.4, -0.2) is 0 Å². The average Bonchev–Trinajstić information content (AvgIpc) is 2.01. The van der Waals surface area contributed by atoms with Crippen LogP contribution in [0, 0.1) is 23.7 Å². The van der Waals surface area contributed by atoms with E-state index in [4.69, 9.17) is 19.1 Å². The van der Waals surface area contributed by atoms with E-state index in [2.05, 4.69) is 0 Å². The fourth-order valence-electron chi connectivity index (χ4n) is 3.98. The standard InChI is InChI=1S/C10H16.2ClH.Pd/c1-7-2-9-4-8(1)5-10(3-7)6-9;;;/h7-10H,1-6H2;2*1H;/q;;;+2/p-2. The number of hydrogen-bond donors (Lipinski definition) is 0. The molecule has 0 radical (unpaired) electrons. The Morgan fingerprint density at radius 1 is 0.615 bits per heavy atom. The predicted molar refractivity (Wildman–Crippen MR) is 53.4 cm³/mol. The van der Waals surface area contributed by atoms with Gasteiger partial charge in [0.25, 0.3) is 0 Å². The third-order valence-corrected chi connectivity index (χ3v) is 4.00.